The molecular formula is C19H21N5O3. The molecule has 3 aromatic rings. The Morgan fingerprint density at radius 3 is 2.81 bits per heavy atom. The first kappa shape index (κ1) is 17.4. The maximum Gasteiger partial charge on any atom is 0.349 e. The number of fused-ring (bicyclic) bond motifs is 1. The van der Waals surface area contributed by atoms with Crippen molar-refractivity contribution in [1.82, 2.24) is 20.3 Å². The number of carbonyl (C=O) groups excluding carboxylic acids is 1. The van der Waals surface area contributed by atoms with Crippen LogP contribution >= 0.6 is 0 Å². The molecule has 1 fully saturated rings. The summed E-state index contributed by atoms with van der Waals surface area (Å²) >= 11 is 0. The number of aromatic nitrogens is 3. The van der Waals surface area contributed by atoms with E-state index in [-0.39, 0.29) is 11.5 Å². The summed E-state index contributed by atoms with van der Waals surface area (Å²) in [5, 5.41) is 14.5. The summed E-state index contributed by atoms with van der Waals surface area (Å²) in [4.78, 5) is 26.7. The highest BCUT2D eigenvalue weighted by Crippen LogP contribution is 2.26. The molecule has 2 aromatic heterocycles. The lowest BCUT2D eigenvalue weighted by Crippen LogP contribution is -2.28. The second-order valence-electron chi connectivity index (χ2n) is 6.84. The van der Waals surface area contributed by atoms with Crippen LogP contribution in [0.15, 0.2) is 33.5 Å². The molecule has 1 amide bonds. The zero-order valence-corrected chi connectivity index (χ0v) is 15.3. The Labute approximate surface area is 155 Å². The van der Waals surface area contributed by atoms with E-state index in [4.69, 9.17) is 4.42 Å². The standard InChI is InChI=1S/C19H21N5O3/c1-11-10-15(12-6-8-20-9-7-12)27-19(26)16(11)18(25)21-13-4-3-5-14-17(13)23-24(2)22-14/h3-5,10,12,20H,6-9H2,1-2H3,(H,21,25). The third-order valence-corrected chi connectivity index (χ3v) is 4.90. The van der Waals surface area contributed by atoms with Crippen LogP contribution in [0, 0.1) is 6.92 Å². The van der Waals surface area contributed by atoms with E-state index >= 15 is 0 Å². The molecule has 0 saturated carbocycles. The Bertz CT molecular complexity index is 1060. The van der Waals surface area contributed by atoms with Gasteiger partial charge in [0.05, 0.1) is 5.69 Å². The predicted molar refractivity (Wildman–Crippen MR) is 101 cm³/mol. The minimum atomic E-state index is -0.604. The molecule has 27 heavy (non-hydrogen) atoms. The van der Waals surface area contributed by atoms with Crippen molar-refractivity contribution in [3.05, 3.63) is 51.6 Å². The minimum Gasteiger partial charge on any atom is -0.427 e. The Balaban J connectivity index is 1.64. The molecule has 3 heterocycles. The zero-order valence-electron chi connectivity index (χ0n) is 15.3. The summed E-state index contributed by atoms with van der Waals surface area (Å²) in [7, 11) is 1.71. The lowest BCUT2D eigenvalue weighted by molar-refractivity contribution is 0.102. The normalized spacial score (nSPS) is 15.2. The monoisotopic (exact) mass is 367 g/mol. The maximum absolute atomic E-state index is 12.8. The van der Waals surface area contributed by atoms with Crippen LogP contribution in [-0.4, -0.2) is 34.0 Å². The third-order valence-electron chi connectivity index (χ3n) is 4.90. The van der Waals surface area contributed by atoms with Crippen molar-refractivity contribution < 1.29 is 9.21 Å². The van der Waals surface area contributed by atoms with Crippen molar-refractivity contribution in [2.24, 2.45) is 7.05 Å². The van der Waals surface area contributed by atoms with E-state index in [0.29, 0.717) is 28.0 Å². The Morgan fingerprint density at radius 1 is 1.30 bits per heavy atom. The van der Waals surface area contributed by atoms with Gasteiger partial charge in [-0.1, -0.05) is 6.07 Å². The van der Waals surface area contributed by atoms with E-state index in [2.05, 4.69) is 20.8 Å². The van der Waals surface area contributed by atoms with Gasteiger partial charge in [0.2, 0.25) is 0 Å². The predicted octanol–water partition coefficient (Wildman–Crippen LogP) is 1.95. The number of amides is 1. The molecule has 0 atom stereocenters. The van der Waals surface area contributed by atoms with Crippen LogP contribution in [0.2, 0.25) is 0 Å². The summed E-state index contributed by atoms with van der Waals surface area (Å²) in [6.07, 6.45) is 1.84. The topological polar surface area (TPSA) is 102 Å². The van der Waals surface area contributed by atoms with Crippen LogP contribution in [0.4, 0.5) is 5.69 Å². The van der Waals surface area contributed by atoms with Gasteiger partial charge in [0.25, 0.3) is 5.91 Å². The highest BCUT2D eigenvalue weighted by molar-refractivity contribution is 6.08. The van der Waals surface area contributed by atoms with Crippen molar-refractivity contribution in [2.45, 2.75) is 25.7 Å². The SMILES string of the molecule is Cc1cc(C2CCNCC2)oc(=O)c1C(=O)Nc1cccc2nn(C)nc12. The first-order valence-corrected chi connectivity index (χ1v) is 8.99. The van der Waals surface area contributed by atoms with Gasteiger partial charge in [-0.15, -0.1) is 0 Å². The van der Waals surface area contributed by atoms with Gasteiger partial charge in [-0.05, 0) is 56.6 Å². The van der Waals surface area contributed by atoms with Crippen LogP contribution in [0.1, 0.15) is 40.4 Å². The molecule has 0 unspecified atom stereocenters. The van der Waals surface area contributed by atoms with Crippen LogP contribution in [0.3, 0.4) is 0 Å². The van der Waals surface area contributed by atoms with Gasteiger partial charge in [0.1, 0.15) is 22.4 Å². The van der Waals surface area contributed by atoms with Gasteiger partial charge in [0, 0.05) is 13.0 Å². The summed E-state index contributed by atoms with van der Waals surface area (Å²) in [6.45, 7) is 3.56. The average molecular weight is 367 g/mol. The first-order chi connectivity index (χ1) is 13.0. The van der Waals surface area contributed by atoms with Crippen molar-refractivity contribution in [3.8, 4) is 0 Å². The number of nitrogens with one attached hydrogen (secondary N) is 2. The fourth-order valence-electron chi connectivity index (χ4n) is 3.54. The van der Waals surface area contributed by atoms with Crippen LogP contribution in [-0.2, 0) is 7.05 Å². The van der Waals surface area contributed by atoms with Gasteiger partial charge in [0.15, 0.2) is 0 Å². The molecule has 0 radical (unpaired) electrons. The van der Waals surface area contributed by atoms with E-state index < -0.39 is 11.5 Å². The Morgan fingerprint density at radius 2 is 2.07 bits per heavy atom. The fraction of sp³-hybridized carbons (Fsp3) is 0.368. The highest BCUT2D eigenvalue weighted by atomic mass is 16.4. The van der Waals surface area contributed by atoms with E-state index in [1.54, 1.807) is 26.1 Å². The maximum atomic E-state index is 12.8. The number of hydrogen-bond donors (Lipinski definition) is 2. The van der Waals surface area contributed by atoms with Gasteiger partial charge in [-0.3, -0.25) is 4.79 Å². The molecule has 2 N–H and O–H groups in total. The summed E-state index contributed by atoms with van der Waals surface area (Å²) in [5.41, 5.74) is 1.78. The lowest BCUT2D eigenvalue weighted by atomic mass is 9.94. The number of benzene rings is 1. The number of carbonyl (C=O) groups is 1. The molecular weight excluding hydrogens is 346 g/mol. The molecule has 8 heteroatoms. The van der Waals surface area contributed by atoms with Gasteiger partial charge in [-0.25, -0.2) is 4.79 Å². The number of aryl methyl sites for hydroxylation is 2. The molecule has 8 nitrogen and oxygen atoms in total. The molecule has 0 bridgehead atoms. The third kappa shape index (κ3) is 3.35. The lowest BCUT2D eigenvalue weighted by Gasteiger charge is -2.21. The molecule has 1 aromatic carbocycles. The zero-order chi connectivity index (χ0) is 19.0. The summed E-state index contributed by atoms with van der Waals surface area (Å²) < 4.78 is 5.50. The smallest absolute Gasteiger partial charge is 0.349 e. The summed E-state index contributed by atoms with van der Waals surface area (Å²) in [5.74, 6) is 0.367. The molecule has 1 aliphatic heterocycles. The summed E-state index contributed by atoms with van der Waals surface area (Å²) in [6, 6.07) is 7.14. The number of hydrogen-bond acceptors (Lipinski definition) is 6. The second-order valence-corrected chi connectivity index (χ2v) is 6.84. The number of nitrogens with zero attached hydrogens (tertiary/aromatic N) is 3. The molecule has 4 rings (SSSR count). The van der Waals surface area contributed by atoms with Crippen LogP contribution in [0.5, 0.6) is 0 Å². The Kier molecular flexibility index (Phi) is 4.49. The van der Waals surface area contributed by atoms with Crippen molar-refractivity contribution in [2.75, 3.05) is 18.4 Å². The highest BCUT2D eigenvalue weighted by Gasteiger charge is 2.23. The van der Waals surface area contributed by atoms with E-state index in [0.717, 1.165) is 25.9 Å². The largest absolute Gasteiger partial charge is 0.427 e. The molecule has 140 valence electrons. The van der Waals surface area contributed by atoms with Crippen molar-refractivity contribution in [3.63, 3.8) is 0 Å². The van der Waals surface area contributed by atoms with Gasteiger partial charge >= 0.3 is 5.63 Å². The van der Waals surface area contributed by atoms with E-state index in [1.807, 2.05) is 12.1 Å². The molecule has 1 aliphatic rings. The quantitative estimate of drug-likeness (QED) is 0.734. The van der Waals surface area contributed by atoms with Gasteiger partial charge < -0.3 is 15.1 Å². The molecule has 0 aliphatic carbocycles. The first-order valence-electron chi connectivity index (χ1n) is 8.99. The molecule has 0 spiro atoms. The van der Waals surface area contributed by atoms with E-state index in [9.17, 15) is 9.59 Å². The van der Waals surface area contributed by atoms with Crippen LogP contribution in [0.25, 0.3) is 11.0 Å². The molecule has 1 saturated heterocycles. The van der Waals surface area contributed by atoms with E-state index in [1.165, 1.54) is 4.80 Å². The number of rotatable bonds is 3. The van der Waals surface area contributed by atoms with Crippen molar-refractivity contribution >= 4 is 22.6 Å². The number of anilines is 1. The van der Waals surface area contributed by atoms with Gasteiger partial charge in [-0.2, -0.15) is 15.0 Å². The van der Waals surface area contributed by atoms with Crippen LogP contribution < -0.4 is 16.3 Å². The van der Waals surface area contributed by atoms with Crippen molar-refractivity contribution in [1.29, 1.82) is 0 Å². The average Bonchev–Trinajstić information content (AvgIpc) is 3.03. The fourth-order valence-corrected chi connectivity index (χ4v) is 3.54. The Hall–Kier alpha value is -3.00. The number of piperidine rings is 1. The second kappa shape index (κ2) is 6.96. The minimum absolute atomic E-state index is 0.0218.